The molecule has 4 aromatic heterocycles. The highest BCUT2D eigenvalue weighted by molar-refractivity contribution is 5.77. The second-order valence-electron chi connectivity index (χ2n) is 6.85. The molecule has 6 rings (SSSR count). The molecule has 2 aromatic carbocycles. The molecule has 144 valence electrons. The Bertz CT molecular complexity index is 1460. The quantitative estimate of drug-likeness (QED) is 0.357. The summed E-state index contributed by atoms with van der Waals surface area (Å²) in [5, 5.41) is 0. The van der Waals surface area contributed by atoms with Crippen molar-refractivity contribution in [2.24, 2.45) is 0 Å². The zero-order chi connectivity index (χ0) is 19.9. The van der Waals surface area contributed by atoms with Crippen molar-refractivity contribution in [3.8, 4) is 34.2 Å². The van der Waals surface area contributed by atoms with Gasteiger partial charge in [0.25, 0.3) is 5.71 Å². The maximum absolute atomic E-state index is 6.12. The Kier molecular flexibility index (Phi) is 3.67. The number of ether oxygens (including phenoxy) is 1. The first-order valence-corrected chi connectivity index (χ1v) is 9.48. The van der Waals surface area contributed by atoms with Crippen molar-refractivity contribution in [3.63, 3.8) is 0 Å². The first kappa shape index (κ1) is 16.6. The van der Waals surface area contributed by atoms with Crippen LogP contribution in [0.1, 0.15) is 0 Å². The van der Waals surface area contributed by atoms with Crippen LogP contribution in [0.5, 0.6) is 11.5 Å². The third-order valence-corrected chi connectivity index (χ3v) is 4.89. The lowest BCUT2D eigenvalue weighted by Crippen LogP contribution is -1.87. The molecular formula is C24H15N3O3. The SMILES string of the molecule is c1cc(Oc2cccc(-c3ncn4ccccc34)c2)cc(-c2nc3occc3o2)c1. The lowest BCUT2D eigenvalue weighted by molar-refractivity contribution is 0.482. The zero-order valence-electron chi connectivity index (χ0n) is 15.7. The molecule has 0 fully saturated rings. The van der Waals surface area contributed by atoms with E-state index in [2.05, 4.69) is 9.97 Å². The molecule has 0 aliphatic carbocycles. The number of aromatic nitrogens is 3. The highest BCUT2D eigenvalue weighted by atomic mass is 16.5. The number of hydrogen-bond donors (Lipinski definition) is 0. The Morgan fingerprint density at radius 3 is 2.53 bits per heavy atom. The minimum atomic E-state index is 0.483. The van der Waals surface area contributed by atoms with E-state index >= 15 is 0 Å². The monoisotopic (exact) mass is 393 g/mol. The summed E-state index contributed by atoms with van der Waals surface area (Å²) in [4.78, 5) is 8.93. The van der Waals surface area contributed by atoms with Gasteiger partial charge in [-0.2, -0.15) is 4.98 Å². The molecule has 0 N–H and O–H groups in total. The number of hydrogen-bond acceptors (Lipinski definition) is 5. The van der Waals surface area contributed by atoms with Crippen LogP contribution < -0.4 is 4.74 Å². The molecule has 6 heteroatoms. The maximum atomic E-state index is 6.12. The molecule has 0 saturated heterocycles. The normalized spacial score (nSPS) is 11.3. The van der Waals surface area contributed by atoms with Crippen LogP contribution in [0.15, 0.2) is 100 Å². The predicted octanol–water partition coefficient (Wildman–Crippen LogP) is 6.19. The Morgan fingerprint density at radius 1 is 0.833 bits per heavy atom. The number of fused-ring (bicyclic) bond motifs is 2. The Labute approximate surface area is 171 Å². The summed E-state index contributed by atoms with van der Waals surface area (Å²) in [5.41, 5.74) is 4.87. The number of furan rings is 1. The fraction of sp³-hybridized carbons (Fsp3) is 0. The van der Waals surface area contributed by atoms with Crippen molar-refractivity contribution in [1.82, 2.24) is 14.4 Å². The fourth-order valence-corrected chi connectivity index (χ4v) is 3.49. The van der Waals surface area contributed by atoms with Crippen LogP contribution in [0, 0.1) is 0 Å². The molecule has 0 radical (unpaired) electrons. The molecule has 0 atom stereocenters. The van der Waals surface area contributed by atoms with E-state index < -0.39 is 0 Å². The van der Waals surface area contributed by atoms with Gasteiger partial charge >= 0.3 is 0 Å². The fourth-order valence-electron chi connectivity index (χ4n) is 3.49. The predicted molar refractivity (Wildman–Crippen MR) is 112 cm³/mol. The molecule has 0 aliphatic heterocycles. The standard InChI is InChI=1S/C24H15N3O3/c1-2-11-27-15-25-22(20(27)9-1)16-5-3-7-18(13-16)29-19-8-4-6-17(14-19)23-26-24-21(30-23)10-12-28-24/h1-15H. The minimum Gasteiger partial charge on any atom is -0.457 e. The maximum Gasteiger partial charge on any atom is 0.266 e. The summed E-state index contributed by atoms with van der Waals surface area (Å²) in [5.74, 6) is 1.91. The van der Waals surface area contributed by atoms with Gasteiger partial charge in [0.05, 0.1) is 23.8 Å². The van der Waals surface area contributed by atoms with Crippen molar-refractivity contribution in [1.29, 1.82) is 0 Å². The largest absolute Gasteiger partial charge is 0.457 e. The van der Waals surface area contributed by atoms with Gasteiger partial charge < -0.3 is 18.0 Å². The summed E-state index contributed by atoms with van der Waals surface area (Å²) >= 11 is 0. The van der Waals surface area contributed by atoms with Crippen molar-refractivity contribution >= 4 is 16.8 Å². The highest BCUT2D eigenvalue weighted by Gasteiger charge is 2.12. The number of imidazole rings is 1. The molecule has 0 aliphatic rings. The van der Waals surface area contributed by atoms with Crippen molar-refractivity contribution in [2.45, 2.75) is 0 Å². The van der Waals surface area contributed by atoms with Gasteiger partial charge in [-0.1, -0.05) is 24.3 Å². The van der Waals surface area contributed by atoms with E-state index in [1.54, 1.807) is 12.3 Å². The number of benzene rings is 2. The van der Waals surface area contributed by atoms with Crippen molar-refractivity contribution in [3.05, 3.63) is 91.6 Å². The molecule has 6 nitrogen and oxygen atoms in total. The van der Waals surface area contributed by atoms with Gasteiger partial charge in [-0.05, 0) is 42.5 Å². The van der Waals surface area contributed by atoms with Gasteiger partial charge in [-0.25, -0.2) is 4.98 Å². The first-order chi connectivity index (χ1) is 14.8. The van der Waals surface area contributed by atoms with Gasteiger partial charge in [0.2, 0.25) is 5.89 Å². The topological polar surface area (TPSA) is 65.7 Å². The summed E-state index contributed by atoms with van der Waals surface area (Å²) < 4.78 is 19.1. The first-order valence-electron chi connectivity index (χ1n) is 9.48. The van der Waals surface area contributed by atoms with Crippen molar-refractivity contribution < 1.29 is 13.6 Å². The highest BCUT2D eigenvalue weighted by Crippen LogP contribution is 2.31. The van der Waals surface area contributed by atoms with E-state index in [1.165, 1.54) is 0 Å². The number of pyridine rings is 1. The summed E-state index contributed by atoms with van der Waals surface area (Å²) in [6, 6.07) is 23.3. The minimum absolute atomic E-state index is 0.483. The molecule has 0 saturated carbocycles. The lowest BCUT2D eigenvalue weighted by Gasteiger charge is -2.08. The van der Waals surface area contributed by atoms with E-state index in [9.17, 15) is 0 Å². The number of oxazole rings is 1. The smallest absolute Gasteiger partial charge is 0.266 e. The summed E-state index contributed by atoms with van der Waals surface area (Å²) in [7, 11) is 0. The zero-order valence-corrected chi connectivity index (χ0v) is 15.7. The Hall–Kier alpha value is -4.32. The van der Waals surface area contributed by atoms with Gasteiger partial charge in [0.15, 0.2) is 5.58 Å². The second kappa shape index (κ2) is 6.63. The van der Waals surface area contributed by atoms with Gasteiger partial charge in [-0.3, -0.25) is 0 Å². The molecule has 0 bridgehead atoms. The van der Waals surface area contributed by atoms with Crippen LogP contribution in [0.2, 0.25) is 0 Å². The third-order valence-electron chi connectivity index (χ3n) is 4.89. The van der Waals surface area contributed by atoms with E-state index in [0.717, 1.165) is 28.1 Å². The van der Waals surface area contributed by atoms with E-state index in [1.807, 2.05) is 83.7 Å². The lowest BCUT2D eigenvalue weighted by atomic mass is 10.1. The van der Waals surface area contributed by atoms with E-state index in [-0.39, 0.29) is 0 Å². The molecule has 0 unspecified atom stereocenters. The van der Waals surface area contributed by atoms with Gasteiger partial charge in [-0.15, -0.1) is 0 Å². The molecular weight excluding hydrogens is 378 g/mol. The summed E-state index contributed by atoms with van der Waals surface area (Å²) in [6.45, 7) is 0. The molecule has 0 amide bonds. The van der Waals surface area contributed by atoms with Crippen LogP contribution in [0.3, 0.4) is 0 Å². The van der Waals surface area contributed by atoms with E-state index in [4.69, 9.17) is 13.6 Å². The van der Waals surface area contributed by atoms with Gasteiger partial charge in [0, 0.05) is 23.4 Å². The van der Waals surface area contributed by atoms with E-state index in [0.29, 0.717) is 22.9 Å². The Balaban J connectivity index is 1.32. The van der Waals surface area contributed by atoms with Crippen LogP contribution in [-0.2, 0) is 0 Å². The van der Waals surface area contributed by atoms with Gasteiger partial charge in [0.1, 0.15) is 11.5 Å². The summed E-state index contributed by atoms with van der Waals surface area (Å²) in [6.07, 6.45) is 5.35. The van der Waals surface area contributed by atoms with Crippen molar-refractivity contribution in [2.75, 3.05) is 0 Å². The molecule has 4 heterocycles. The second-order valence-corrected chi connectivity index (χ2v) is 6.85. The van der Waals surface area contributed by atoms with Crippen LogP contribution in [0.25, 0.3) is 39.5 Å². The molecule has 6 aromatic rings. The van der Waals surface area contributed by atoms with Crippen LogP contribution >= 0.6 is 0 Å². The molecule has 30 heavy (non-hydrogen) atoms. The van der Waals surface area contributed by atoms with Crippen LogP contribution in [0.4, 0.5) is 0 Å². The number of rotatable bonds is 4. The Morgan fingerprint density at radius 2 is 1.67 bits per heavy atom. The van der Waals surface area contributed by atoms with Crippen LogP contribution in [-0.4, -0.2) is 14.4 Å². The average molecular weight is 393 g/mol. The molecule has 0 spiro atoms. The third kappa shape index (κ3) is 2.82. The number of nitrogens with zero attached hydrogens (tertiary/aromatic N) is 3. The average Bonchev–Trinajstić information content (AvgIpc) is 3.49.